The van der Waals surface area contributed by atoms with Crippen LogP contribution in [0.1, 0.15) is 11.1 Å². The highest BCUT2D eigenvalue weighted by Crippen LogP contribution is 2.04. The van der Waals surface area contributed by atoms with Crippen LogP contribution in [0.15, 0.2) is 18.5 Å². The van der Waals surface area contributed by atoms with E-state index in [1.807, 2.05) is 6.92 Å². The summed E-state index contributed by atoms with van der Waals surface area (Å²) >= 11 is 0. The van der Waals surface area contributed by atoms with Gasteiger partial charge in [0.05, 0.1) is 5.75 Å². The number of hydrogen-bond acceptors (Lipinski definition) is 3. The zero-order valence-electron chi connectivity index (χ0n) is 7.20. The topological polar surface area (TPSA) is 47.0 Å². The molecule has 0 aromatic carbocycles. The lowest BCUT2D eigenvalue weighted by atomic mass is 10.2. The van der Waals surface area contributed by atoms with Crippen molar-refractivity contribution in [1.82, 2.24) is 4.98 Å². The van der Waals surface area contributed by atoms with Gasteiger partial charge in [0.25, 0.3) is 0 Å². The Morgan fingerprint density at radius 3 is 2.69 bits per heavy atom. The van der Waals surface area contributed by atoms with Crippen molar-refractivity contribution in [3.05, 3.63) is 29.6 Å². The van der Waals surface area contributed by atoms with E-state index in [9.17, 15) is 12.3 Å². The molecule has 0 N–H and O–H groups in total. The summed E-state index contributed by atoms with van der Waals surface area (Å²) < 4.78 is 32.5. The van der Waals surface area contributed by atoms with Gasteiger partial charge in [-0.25, -0.2) is 0 Å². The van der Waals surface area contributed by atoms with Gasteiger partial charge in [0, 0.05) is 12.4 Å². The summed E-state index contributed by atoms with van der Waals surface area (Å²) in [5.74, 6) is -0.474. The van der Waals surface area contributed by atoms with E-state index in [1.54, 1.807) is 12.3 Å². The molecule has 1 aromatic heterocycles. The maximum absolute atomic E-state index is 12.1. The third-order valence-electron chi connectivity index (χ3n) is 1.57. The Morgan fingerprint density at radius 1 is 1.46 bits per heavy atom. The van der Waals surface area contributed by atoms with Gasteiger partial charge >= 0.3 is 10.2 Å². The minimum atomic E-state index is -4.36. The fourth-order valence-corrected chi connectivity index (χ4v) is 1.47. The second-order valence-corrected chi connectivity index (χ2v) is 4.35. The molecule has 5 heteroatoms. The SMILES string of the molecule is Cc1cncc(CCS(=O)(=O)F)c1. The van der Waals surface area contributed by atoms with Crippen molar-refractivity contribution in [2.45, 2.75) is 13.3 Å². The highest BCUT2D eigenvalue weighted by molar-refractivity contribution is 7.86. The van der Waals surface area contributed by atoms with Gasteiger partial charge in [-0.1, -0.05) is 6.07 Å². The molecule has 0 saturated carbocycles. The van der Waals surface area contributed by atoms with E-state index in [2.05, 4.69) is 4.98 Å². The molecule has 0 fully saturated rings. The molecule has 0 unspecified atom stereocenters. The molecule has 1 aromatic rings. The van der Waals surface area contributed by atoms with E-state index in [4.69, 9.17) is 0 Å². The molecule has 0 saturated heterocycles. The van der Waals surface area contributed by atoms with Crippen LogP contribution >= 0.6 is 0 Å². The number of aromatic nitrogens is 1. The monoisotopic (exact) mass is 203 g/mol. The van der Waals surface area contributed by atoms with Crippen molar-refractivity contribution in [3.8, 4) is 0 Å². The zero-order chi connectivity index (χ0) is 9.90. The fraction of sp³-hybridized carbons (Fsp3) is 0.375. The van der Waals surface area contributed by atoms with Crippen LogP contribution in [0.3, 0.4) is 0 Å². The second-order valence-electron chi connectivity index (χ2n) is 2.86. The molecule has 0 aliphatic heterocycles. The Morgan fingerprint density at radius 2 is 2.15 bits per heavy atom. The summed E-state index contributed by atoms with van der Waals surface area (Å²) in [6, 6.07) is 1.79. The zero-order valence-corrected chi connectivity index (χ0v) is 8.01. The van der Waals surface area contributed by atoms with Crippen molar-refractivity contribution in [1.29, 1.82) is 0 Å². The minimum Gasteiger partial charge on any atom is -0.264 e. The number of hydrogen-bond donors (Lipinski definition) is 0. The standard InChI is InChI=1S/C8H10FNO2S/c1-7-4-8(6-10-5-7)2-3-13(9,11)12/h4-6H,2-3H2,1H3. The van der Waals surface area contributed by atoms with Gasteiger partial charge < -0.3 is 0 Å². The fourth-order valence-electron chi connectivity index (χ4n) is 0.994. The van der Waals surface area contributed by atoms with Gasteiger partial charge in [-0.05, 0) is 24.5 Å². The molecule has 0 aliphatic carbocycles. The summed E-state index contributed by atoms with van der Waals surface area (Å²) in [6.45, 7) is 1.85. The van der Waals surface area contributed by atoms with E-state index >= 15 is 0 Å². The molecule has 0 atom stereocenters. The molecule has 0 bridgehead atoms. The highest BCUT2D eigenvalue weighted by atomic mass is 32.3. The largest absolute Gasteiger partial charge is 0.302 e. The van der Waals surface area contributed by atoms with Gasteiger partial charge in [-0.2, -0.15) is 8.42 Å². The number of halogens is 1. The first-order chi connectivity index (χ1) is 5.97. The Kier molecular flexibility index (Phi) is 2.98. The Balaban J connectivity index is 2.65. The molecule has 1 rings (SSSR count). The van der Waals surface area contributed by atoms with E-state index in [0.717, 1.165) is 11.1 Å². The van der Waals surface area contributed by atoms with Crippen molar-refractivity contribution in [3.63, 3.8) is 0 Å². The normalized spacial score (nSPS) is 11.5. The Bertz CT molecular complexity index is 389. The van der Waals surface area contributed by atoms with Crippen LogP contribution in [0.4, 0.5) is 3.89 Å². The predicted molar refractivity (Wildman–Crippen MR) is 47.6 cm³/mol. The van der Waals surface area contributed by atoms with Crippen LogP contribution in [0, 0.1) is 6.92 Å². The first-order valence-corrected chi connectivity index (χ1v) is 5.35. The van der Waals surface area contributed by atoms with Crippen molar-refractivity contribution < 1.29 is 12.3 Å². The predicted octanol–water partition coefficient (Wildman–Crippen LogP) is 1.23. The van der Waals surface area contributed by atoms with Crippen LogP contribution in [-0.4, -0.2) is 19.2 Å². The maximum Gasteiger partial charge on any atom is 0.302 e. The summed E-state index contributed by atoms with van der Waals surface area (Å²) in [4.78, 5) is 3.87. The van der Waals surface area contributed by atoms with Gasteiger partial charge in [-0.15, -0.1) is 3.89 Å². The summed E-state index contributed by atoms with van der Waals surface area (Å²) in [7, 11) is -4.36. The molecule has 72 valence electrons. The van der Waals surface area contributed by atoms with Crippen LogP contribution in [0.2, 0.25) is 0 Å². The third-order valence-corrected chi connectivity index (χ3v) is 2.26. The summed E-state index contributed by atoms with van der Waals surface area (Å²) in [5, 5.41) is 0. The smallest absolute Gasteiger partial charge is 0.264 e. The number of rotatable bonds is 3. The Hall–Kier alpha value is -0.970. The lowest BCUT2D eigenvalue weighted by molar-refractivity contribution is 0.551. The minimum absolute atomic E-state index is 0.174. The highest BCUT2D eigenvalue weighted by Gasteiger charge is 2.07. The molecule has 0 amide bonds. The quantitative estimate of drug-likeness (QED) is 0.694. The number of pyridine rings is 1. The molecule has 1 heterocycles. The van der Waals surface area contributed by atoms with Gasteiger partial charge in [0.1, 0.15) is 0 Å². The molecular weight excluding hydrogens is 193 g/mol. The van der Waals surface area contributed by atoms with Crippen LogP contribution < -0.4 is 0 Å². The summed E-state index contributed by atoms with van der Waals surface area (Å²) in [5.41, 5.74) is 1.68. The van der Waals surface area contributed by atoms with E-state index in [-0.39, 0.29) is 6.42 Å². The van der Waals surface area contributed by atoms with E-state index < -0.39 is 16.0 Å². The van der Waals surface area contributed by atoms with Crippen LogP contribution in [0.25, 0.3) is 0 Å². The van der Waals surface area contributed by atoms with E-state index in [1.165, 1.54) is 6.20 Å². The van der Waals surface area contributed by atoms with Crippen molar-refractivity contribution in [2.24, 2.45) is 0 Å². The lowest BCUT2D eigenvalue weighted by Crippen LogP contribution is -2.02. The number of aryl methyl sites for hydroxylation is 2. The average Bonchev–Trinajstić information content (AvgIpc) is 2.00. The van der Waals surface area contributed by atoms with E-state index in [0.29, 0.717) is 0 Å². The third kappa shape index (κ3) is 3.98. The van der Waals surface area contributed by atoms with Crippen molar-refractivity contribution in [2.75, 3.05) is 5.75 Å². The van der Waals surface area contributed by atoms with Gasteiger partial charge in [0.2, 0.25) is 0 Å². The maximum atomic E-state index is 12.1. The van der Waals surface area contributed by atoms with Gasteiger partial charge in [0.15, 0.2) is 0 Å². The Labute approximate surface area is 76.8 Å². The molecular formula is C8H10FNO2S. The van der Waals surface area contributed by atoms with Crippen molar-refractivity contribution >= 4 is 10.2 Å². The lowest BCUT2D eigenvalue weighted by Gasteiger charge is -1.98. The molecule has 13 heavy (non-hydrogen) atoms. The first kappa shape index (κ1) is 10.1. The first-order valence-electron chi connectivity index (χ1n) is 3.80. The molecule has 3 nitrogen and oxygen atoms in total. The summed E-state index contributed by atoms with van der Waals surface area (Å²) in [6.07, 6.45) is 3.37. The average molecular weight is 203 g/mol. The van der Waals surface area contributed by atoms with Crippen LogP contribution in [0.5, 0.6) is 0 Å². The molecule has 0 aliphatic rings. The second kappa shape index (κ2) is 3.83. The number of nitrogens with zero attached hydrogens (tertiary/aromatic N) is 1. The van der Waals surface area contributed by atoms with Gasteiger partial charge in [-0.3, -0.25) is 4.98 Å². The molecule has 0 spiro atoms. The van der Waals surface area contributed by atoms with Crippen LogP contribution in [-0.2, 0) is 16.6 Å². The molecule has 0 radical (unpaired) electrons.